The molecule has 2 aromatic heterocycles. The Morgan fingerprint density at radius 3 is 2.65 bits per heavy atom. The minimum atomic E-state index is -0.0861. The number of aromatic amines is 1. The molecular formula is C18H19N5O2S. The molecule has 8 heteroatoms. The molecule has 0 radical (unpaired) electrons. The van der Waals surface area contributed by atoms with Crippen LogP contribution in [-0.2, 0) is 9.59 Å². The quantitative estimate of drug-likeness (QED) is 0.743. The Hall–Kier alpha value is -2.74. The second-order valence-electron chi connectivity index (χ2n) is 6.41. The number of piperidine rings is 1. The van der Waals surface area contributed by atoms with Crippen LogP contribution in [0.25, 0.3) is 21.6 Å². The van der Waals surface area contributed by atoms with Crippen LogP contribution in [0.5, 0.6) is 0 Å². The van der Waals surface area contributed by atoms with Crippen LogP contribution in [0.15, 0.2) is 30.3 Å². The van der Waals surface area contributed by atoms with Crippen molar-refractivity contribution >= 4 is 38.6 Å². The molecule has 3 aromatic rings. The van der Waals surface area contributed by atoms with Crippen molar-refractivity contribution in [3.05, 3.63) is 30.3 Å². The van der Waals surface area contributed by atoms with E-state index in [-0.39, 0.29) is 17.7 Å². The molecule has 0 unspecified atom stereocenters. The van der Waals surface area contributed by atoms with Crippen LogP contribution in [0.2, 0.25) is 0 Å². The van der Waals surface area contributed by atoms with Gasteiger partial charge >= 0.3 is 0 Å². The number of thiazole rings is 1. The van der Waals surface area contributed by atoms with Crippen molar-refractivity contribution in [3.8, 4) is 11.3 Å². The van der Waals surface area contributed by atoms with Gasteiger partial charge in [-0.25, -0.2) is 0 Å². The first-order valence-electron chi connectivity index (χ1n) is 8.58. The number of benzene rings is 1. The lowest BCUT2D eigenvalue weighted by Gasteiger charge is -2.30. The van der Waals surface area contributed by atoms with Crippen LogP contribution in [0.3, 0.4) is 0 Å². The minimum Gasteiger partial charge on any atom is -0.343 e. The summed E-state index contributed by atoms with van der Waals surface area (Å²) >= 11 is 1.42. The van der Waals surface area contributed by atoms with Crippen LogP contribution < -0.4 is 5.32 Å². The average molecular weight is 369 g/mol. The van der Waals surface area contributed by atoms with E-state index >= 15 is 0 Å². The van der Waals surface area contributed by atoms with Gasteiger partial charge in [0.05, 0.1) is 5.69 Å². The van der Waals surface area contributed by atoms with E-state index in [2.05, 4.69) is 20.5 Å². The molecule has 0 saturated carbocycles. The van der Waals surface area contributed by atoms with Gasteiger partial charge in [0.2, 0.25) is 11.8 Å². The SMILES string of the molecule is CC(=O)N1CCC(C(=O)Nc2nc3n[nH]c(-c4ccccc4)c3s2)CC1. The van der Waals surface area contributed by atoms with E-state index in [1.54, 1.807) is 11.8 Å². The zero-order valence-corrected chi connectivity index (χ0v) is 15.2. The van der Waals surface area contributed by atoms with Gasteiger partial charge in [0.1, 0.15) is 4.70 Å². The maximum Gasteiger partial charge on any atom is 0.229 e. The van der Waals surface area contributed by atoms with Gasteiger partial charge in [0.25, 0.3) is 0 Å². The highest BCUT2D eigenvalue weighted by Gasteiger charge is 2.27. The van der Waals surface area contributed by atoms with Crippen LogP contribution in [0, 0.1) is 5.92 Å². The number of fused-ring (bicyclic) bond motifs is 1. The van der Waals surface area contributed by atoms with Gasteiger partial charge in [0, 0.05) is 31.5 Å². The average Bonchev–Trinajstić information content (AvgIpc) is 3.22. The fraction of sp³-hybridized carbons (Fsp3) is 0.333. The van der Waals surface area contributed by atoms with Crippen LogP contribution >= 0.6 is 11.3 Å². The number of amides is 2. The van der Waals surface area contributed by atoms with E-state index < -0.39 is 0 Å². The monoisotopic (exact) mass is 369 g/mol. The minimum absolute atomic E-state index is 0.0326. The number of rotatable bonds is 3. The molecular weight excluding hydrogens is 350 g/mol. The molecule has 2 N–H and O–H groups in total. The van der Waals surface area contributed by atoms with Crippen LogP contribution in [0.1, 0.15) is 19.8 Å². The molecule has 1 fully saturated rings. The number of hydrogen-bond donors (Lipinski definition) is 2. The molecule has 1 aromatic carbocycles. The van der Waals surface area contributed by atoms with Crippen molar-refractivity contribution in [2.45, 2.75) is 19.8 Å². The highest BCUT2D eigenvalue weighted by atomic mass is 32.1. The summed E-state index contributed by atoms with van der Waals surface area (Å²) in [7, 11) is 0. The Morgan fingerprint density at radius 2 is 1.96 bits per heavy atom. The second kappa shape index (κ2) is 6.87. The fourth-order valence-corrected chi connectivity index (χ4v) is 4.15. The number of carbonyl (C=O) groups excluding carboxylic acids is 2. The van der Waals surface area contributed by atoms with Crippen LogP contribution in [0.4, 0.5) is 5.13 Å². The lowest BCUT2D eigenvalue weighted by Crippen LogP contribution is -2.40. The summed E-state index contributed by atoms with van der Waals surface area (Å²) in [5.74, 6) is -0.0508. The van der Waals surface area contributed by atoms with E-state index in [9.17, 15) is 9.59 Å². The van der Waals surface area contributed by atoms with Crippen molar-refractivity contribution < 1.29 is 9.59 Å². The zero-order valence-electron chi connectivity index (χ0n) is 14.4. The number of anilines is 1. The maximum atomic E-state index is 12.5. The number of nitrogens with zero attached hydrogens (tertiary/aromatic N) is 3. The third kappa shape index (κ3) is 3.20. The van der Waals surface area contributed by atoms with Gasteiger partial charge in [-0.1, -0.05) is 41.7 Å². The number of nitrogens with one attached hydrogen (secondary N) is 2. The third-order valence-corrected chi connectivity index (χ3v) is 5.69. The largest absolute Gasteiger partial charge is 0.343 e. The molecule has 3 heterocycles. The number of aromatic nitrogens is 3. The molecule has 0 aliphatic carbocycles. The smallest absolute Gasteiger partial charge is 0.229 e. The van der Waals surface area contributed by atoms with Gasteiger partial charge in [-0.05, 0) is 12.8 Å². The van der Waals surface area contributed by atoms with Crippen molar-refractivity contribution in [2.75, 3.05) is 18.4 Å². The number of hydrogen-bond acceptors (Lipinski definition) is 5. The summed E-state index contributed by atoms with van der Waals surface area (Å²) < 4.78 is 0.929. The first kappa shape index (κ1) is 16.7. The Kier molecular flexibility index (Phi) is 4.42. The van der Waals surface area contributed by atoms with E-state index in [1.807, 2.05) is 30.3 Å². The lowest BCUT2D eigenvalue weighted by atomic mass is 9.96. The summed E-state index contributed by atoms with van der Waals surface area (Å²) in [5.41, 5.74) is 2.55. The molecule has 1 aliphatic rings. The topological polar surface area (TPSA) is 91.0 Å². The van der Waals surface area contributed by atoms with Crippen molar-refractivity contribution in [1.82, 2.24) is 20.1 Å². The molecule has 2 amide bonds. The molecule has 4 rings (SSSR count). The zero-order chi connectivity index (χ0) is 18.1. The van der Waals surface area contributed by atoms with E-state index in [0.717, 1.165) is 16.0 Å². The van der Waals surface area contributed by atoms with Gasteiger partial charge in [0.15, 0.2) is 10.8 Å². The highest BCUT2D eigenvalue weighted by molar-refractivity contribution is 7.22. The van der Waals surface area contributed by atoms with Gasteiger partial charge in [-0.15, -0.1) is 0 Å². The van der Waals surface area contributed by atoms with Crippen LogP contribution in [-0.4, -0.2) is 45.0 Å². The van der Waals surface area contributed by atoms with Crippen molar-refractivity contribution in [1.29, 1.82) is 0 Å². The molecule has 0 bridgehead atoms. The number of likely N-dealkylation sites (tertiary alicyclic amines) is 1. The normalized spacial score (nSPS) is 15.3. The second-order valence-corrected chi connectivity index (χ2v) is 7.41. The summed E-state index contributed by atoms with van der Waals surface area (Å²) in [6.07, 6.45) is 1.37. The lowest BCUT2D eigenvalue weighted by molar-refractivity contribution is -0.132. The molecule has 1 aliphatic heterocycles. The Morgan fingerprint density at radius 1 is 1.23 bits per heavy atom. The van der Waals surface area contributed by atoms with Gasteiger partial charge in [-0.3, -0.25) is 14.7 Å². The van der Waals surface area contributed by atoms with Gasteiger partial charge < -0.3 is 10.2 Å². The molecule has 1 saturated heterocycles. The number of H-pyrrole nitrogens is 1. The van der Waals surface area contributed by atoms with Gasteiger partial charge in [-0.2, -0.15) is 10.1 Å². The van der Waals surface area contributed by atoms with E-state index in [4.69, 9.17) is 0 Å². The van der Waals surface area contributed by atoms with Crippen molar-refractivity contribution in [3.63, 3.8) is 0 Å². The van der Waals surface area contributed by atoms with E-state index in [1.165, 1.54) is 11.3 Å². The first-order valence-corrected chi connectivity index (χ1v) is 9.40. The predicted molar refractivity (Wildman–Crippen MR) is 101 cm³/mol. The summed E-state index contributed by atoms with van der Waals surface area (Å²) in [5, 5.41) is 10.7. The Bertz CT molecular complexity index is 941. The molecule has 7 nitrogen and oxygen atoms in total. The third-order valence-electron chi connectivity index (χ3n) is 4.71. The number of carbonyl (C=O) groups is 2. The summed E-state index contributed by atoms with van der Waals surface area (Å²) in [6, 6.07) is 9.92. The summed E-state index contributed by atoms with van der Waals surface area (Å²) in [4.78, 5) is 30.1. The molecule has 134 valence electrons. The Labute approximate surface area is 154 Å². The first-order chi connectivity index (χ1) is 12.6. The fourth-order valence-electron chi connectivity index (χ4n) is 3.23. The predicted octanol–water partition coefficient (Wildman–Crippen LogP) is 2.88. The summed E-state index contributed by atoms with van der Waals surface area (Å²) in [6.45, 7) is 2.83. The standard InChI is InChI=1S/C18H19N5O2S/c1-11(24)23-9-7-13(8-10-23)17(25)20-18-19-16-15(26-18)14(21-22-16)12-5-3-2-4-6-12/h2-6,13H,7-10H2,1H3,(H2,19,20,21,22,25). The highest BCUT2D eigenvalue weighted by Crippen LogP contribution is 2.33. The molecule has 0 atom stereocenters. The maximum absolute atomic E-state index is 12.5. The van der Waals surface area contributed by atoms with Crippen molar-refractivity contribution in [2.24, 2.45) is 5.92 Å². The molecule has 0 spiro atoms. The Balaban J connectivity index is 1.47. The van der Waals surface area contributed by atoms with E-state index in [0.29, 0.717) is 36.7 Å². The molecule has 26 heavy (non-hydrogen) atoms.